The van der Waals surface area contributed by atoms with Crippen LogP contribution in [0.1, 0.15) is 37.3 Å². The van der Waals surface area contributed by atoms with Crippen LogP contribution in [-0.2, 0) is 4.79 Å². The number of aromatic nitrogens is 2. The predicted octanol–water partition coefficient (Wildman–Crippen LogP) is 1.64. The number of anilines is 1. The Morgan fingerprint density at radius 2 is 2.21 bits per heavy atom. The number of H-pyrrole nitrogens is 1. The van der Waals surface area contributed by atoms with E-state index in [1.165, 1.54) is 12.8 Å². The number of nitrogens with one attached hydrogen (secondary N) is 2. The van der Waals surface area contributed by atoms with E-state index in [1.54, 1.807) is 0 Å². The van der Waals surface area contributed by atoms with Gasteiger partial charge in [-0.15, -0.1) is 0 Å². The molecule has 2 aliphatic carbocycles. The van der Waals surface area contributed by atoms with Gasteiger partial charge in [0.15, 0.2) is 5.82 Å². The Kier molecular flexibility index (Phi) is 1.63. The van der Waals surface area contributed by atoms with Gasteiger partial charge in [0.25, 0.3) is 0 Å². The van der Waals surface area contributed by atoms with Crippen LogP contribution < -0.4 is 5.32 Å². The van der Waals surface area contributed by atoms with Gasteiger partial charge in [0.05, 0.1) is 0 Å². The monoisotopic (exact) mass is 191 g/mol. The second-order valence-electron chi connectivity index (χ2n) is 4.25. The highest BCUT2D eigenvalue weighted by Gasteiger charge is 2.30. The van der Waals surface area contributed by atoms with Gasteiger partial charge in [-0.05, 0) is 25.7 Å². The molecule has 0 radical (unpaired) electrons. The fourth-order valence-corrected chi connectivity index (χ4v) is 1.58. The van der Waals surface area contributed by atoms with E-state index in [4.69, 9.17) is 0 Å². The minimum atomic E-state index is 0.124. The molecule has 2 saturated carbocycles. The number of hydrogen-bond donors (Lipinski definition) is 2. The van der Waals surface area contributed by atoms with Crippen LogP contribution in [0.15, 0.2) is 6.07 Å². The number of carbonyl (C=O) groups excluding carboxylic acids is 1. The first kappa shape index (κ1) is 8.03. The first-order valence-corrected chi connectivity index (χ1v) is 5.19. The average Bonchev–Trinajstić information content (AvgIpc) is 3.06. The van der Waals surface area contributed by atoms with Crippen LogP contribution in [0.2, 0.25) is 0 Å². The van der Waals surface area contributed by atoms with Crippen molar-refractivity contribution >= 4 is 11.7 Å². The molecule has 2 fully saturated rings. The van der Waals surface area contributed by atoms with Crippen LogP contribution >= 0.6 is 0 Å². The number of rotatable bonds is 3. The van der Waals surface area contributed by atoms with E-state index in [0.717, 1.165) is 18.5 Å². The molecule has 0 saturated heterocycles. The van der Waals surface area contributed by atoms with Crippen LogP contribution in [0.5, 0.6) is 0 Å². The Morgan fingerprint density at radius 1 is 1.43 bits per heavy atom. The van der Waals surface area contributed by atoms with E-state index in [1.807, 2.05) is 6.07 Å². The molecule has 1 aromatic heterocycles. The van der Waals surface area contributed by atoms with Gasteiger partial charge in [0, 0.05) is 23.6 Å². The Balaban J connectivity index is 1.66. The molecule has 3 rings (SSSR count). The normalized spacial score (nSPS) is 20.9. The zero-order chi connectivity index (χ0) is 9.54. The Labute approximate surface area is 82.1 Å². The summed E-state index contributed by atoms with van der Waals surface area (Å²) in [5, 5.41) is 9.86. The van der Waals surface area contributed by atoms with Gasteiger partial charge in [0.2, 0.25) is 5.91 Å². The molecule has 74 valence electrons. The van der Waals surface area contributed by atoms with Crippen LogP contribution in [0, 0.1) is 5.92 Å². The lowest BCUT2D eigenvalue weighted by atomic mass is 10.3. The molecule has 0 unspecified atom stereocenters. The number of carbonyl (C=O) groups is 1. The second kappa shape index (κ2) is 2.83. The maximum Gasteiger partial charge on any atom is 0.228 e. The van der Waals surface area contributed by atoms with Crippen molar-refractivity contribution in [3.05, 3.63) is 11.8 Å². The summed E-state index contributed by atoms with van der Waals surface area (Å²) >= 11 is 0. The van der Waals surface area contributed by atoms with Gasteiger partial charge in [-0.2, -0.15) is 5.10 Å². The molecular weight excluding hydrogens is 178 g/mol. The van der Waals surface area contributed by atoms with E-state index in [9.17, 15) is 4.79 Å². The molecule has 2 aliphatic rings. The standard InChI is InChI=1S/C10H13N3O/c14-10(7-3-4-7)11-9-5-8(12-13-9)6-1-2-6/h5-7H,1-4H2,(H2,11,12,13,14). The Hall–Kier alpha value is -1.32. The lowest BCUT2D eigenvalue weighted by molar-refractivity contribution is -0.117. The summed E-state index contributed by atoms with van der Waals surface area (Å²) in [4.78, 5) is 11.4. The van der Waals surface area contributed by atoms with Crippen LogP contribution in [0.3, 0.4) is 0 Å². The van der Waals surface area contributed by atoms with Gasteiger partial charge in [-0.25, -0.2) is 0 Å². The largest absolute Gasteiger partial charge is 0.309 e. The summed E-state index contributed by atoms with van der Waals surface area (Å²) in [6.45, 7) is 0. The van der Waals surface area contributed by atoms with Crippen LogP contribution in [0.25, 0.3) is 0 Å². The number of hydrogen-bond acceptors (Lipinski definition) is 2. The van der Waals surface area contributed by atoms with Crippen LogP contribution in [0.4, 0.5) is 5.82 Å². The molecule has 0 atom stereocenters. The minimum absolute atomic E-state index is 0.124. The smallest absolute Gasteiger partial charge is 0.228 e. The van der Waals surface area contributed by atoms with Crippen molar-refractivity contribution in [1.29, 1.82) is 0 Å². The predicted molar refractivity (Wildman–Crippen MR) is 51.9 cm³/mol. The SMILES string of the molecule is O=C(Nc1cc(C2CC2)[nH]n1)C1CC1. The lowest BCUT2D eigenvalue weighted by Crippen LogP contribution is -2.13. The van der Waals surface area contributed by atoms with Crippen molar-refractivity contribution in [2.45, 2.75) is 31.6 Å². The molecule has 1 amide bonds. The third-order valence-corrected chi connectivity index (χ3v) is 2.81. The molecule has 1 heterocycles. The topological polar surface area (TPSA) is 57.8 Å². The minimum Gasteiger partial charge on any atom is -0.309 e. The van der Waals surface area contributed by atoms with Crippen molar-refractivity contribution in [2.75, 3.05) is 5.32 Å². The quantitative estimate of drug-likeness (QED) is 0.763. The maximum absolute atomic E-state index is 11.4. The highest BCUT2D eigenvalue weighted by atomic mass is 16.2. The summed E-state index contributed by atoms with van der Waals surface area (Å²) in [6.07, 6.45) is 4.56. The maximum atomic E-state index is 11.4. The second-order valence-corrected chi connectivity index (χ2v) is 4.25. The number of aromatic amines is 1. The van der Waals surface area contributed by atoms with Crippen molar-refractivity contribution in [3.63, 3.8) is 0 Å². The van der Waals surface area contributed by atoms with Crippen molar-refractivity contribution in [1.82, 2.24) is 10.2 Å². The highest BCUT2D eigenvalue weighted by molar-refractivity contribution is 5.93. The van der Waals surface area contributed by atoms with Crippen molar-refractivity contribution in [2.24, 2.45) is 5.92 Å². The highest BCUT2D eigenvalue weighted by Crippen LogP contribution is 2.39. The Morgan fingerprint density at radius 3 is 2.86 bits per heavy atom. The fraction of sp³-hybridized carbons (Fsp3) is 0.600. The summed E-state index contributed by atoms with van der Waals surface area (Å²) in [7, 11) is 0. The molecular formula is C10H13N3O. The molecule has 14 heavy (non-hydrogen) atoms. The molecule has 2 N–H and O–H groups in total. The summed E-state index contributed by atoms with van der Waals surface area (Å²) in [5.41, 5.74) is 1.16. The molecule has 4 nitrogen and oxygen atoms in total. The van der Waals surface area contributed by atoms with E-state index in [2.05, 4.69) is 15.5 Å². The van der Waals surface area contributed by atoms with Gasteiger partial charge < -0.3 is 5.32 Å². The first-order chi connectivity index (χ1) is 6.83. The van der Waals surface area contributed by atoms with E-state index >= 15 is 0 Å². The summed E-state index contributed by atoms with van der Waals surface area (Å²) in [5.74, 6) is 1.72. The van der Waals surface area contributed by atoms with Crippen LogP contribution in [-0.4, -0.2) is 16.1 Å². The van der Waals surface area contributed by atoms with Gasteiger partial charge in [0.1, 0.15) is 0 Å². The first-order valence-electron chi connectivity index (χ1n) is 5.19. The van der Waals surface area contributed by atoms with Gasteiger partial charge >= 0.3 is 0 Å². The fourth-order valence-electron chi connectivity index (χ4n) is 1.58. The van der Waals surface area contributed by atoms with E-state index < -0.39 is 0 Å². The van der Waals surface area contributed by atoms with E-state index in [-0.39, 0.29) is 11.8 Å². The number of amides is 1. The van der Waals surface area contributed by atoms with Gasteiger partial charge in [-0.1, -0.05) is 0 Å². The van der Waals surface area contributed by atoms with Crippen molar-refractivity contribution in [3.8, 4) is 0 Å². The van der Waals surface area contributed by atoms with Crippen molar-refractivity contribution < 1.29 is 4.79 Å². The average molecular weight is 191 g/mol. The third-order valence-electron chi connectivity index (χ3n) is 2.81. The third kappa shape index (κ3) is 1.52. The zero-order valence-corrected chi connectivity index (χ0v) is 7.92. The molecule has 1 aromatic rings. The Bertz CT molecular complexity index is 363. The zero-order valence-electron chi connectivity index (χ0n) is 7.92. The molecule has 0 spiro atoms. The molecule has 0 bridgehead atoms. The summed E-state index contributed by atoms with van der Waals surface area (Å²) in [6, 6.07) is 1.96. The summed E-state index contributed by atoms with van der Waals surface area (Å²) < 4.78 is 0. The van der Waals surface area contributed by atoms with Gasteiger partial charge in [-0.3, -0.25) is 9.89 Å². The van der Waals surface area contributed by atoms with E-state index in [0.29, 0.717) is 11.7 Å². The number of nitrogens with zero attached hydrogens (tertiary/aromatic N) is 1. The molecule has 0 aliphatic heterocycles. The lowest BCUT2D eigenvalue weighted by Gasteiger charge is -1.97. The molecule has 0 aromatic carbocycles. The molecule has 4 heteroatoms.